The summed E-state index contributed by atoms with van der Waals surface area (Å²) in [6.45, 7) is 3.86. The molecule has 0 saturated heterocycles. The van der Waals surface area contributed by atoms with Crippen LogP contribution in [0.4, 0.5) is 0 Å². The van der Waals surface area contributed by atoms with Crippen LogP contribution in [0.25, 0.3) is 0 Å². The van der Waals surface area contributed by atoms with Crippen molar-refractivity contribution in [1.29, 1.82) is 0 Å². The van der Waals surface area contributed by atoms with E-state index in [2.05, 4.69) is 17.2 Å². The van der Waals surface area contributed by atoms with Crippen molar-refractivity contribution in [3.8, 4) is 5.75 Å². The lowest BCUT2D eigenvalue weighted by atomic mass is 10.1. The number of hydrogen-bond donors (Lipinski definition) is 2. The van der Waals surface area contributed by atoms with E-state index in [4.69, 9.17) is 9.84 Å². The molecule has 0 aliphatic rings. The maximum atomic E-state index is 11.7. The fourth-order valence-corrected chi connectivity index (χ4v) is 1.90. The number of carbonyl (C=O) groups is 2. The summed E-state index contributed by atoms with van der Waals surface area (Å²) in [6, 6.07) is 3.13. The number of nitrogens with zero attached hydrogens (tertiary/aromatic N) is 1. The summed E-state index contributed by atoms with van der Waals surface area (Å²) in [6.07, 6.45) is 5.65. The lowest BCUT2D eigenvalue weighted by Gasteiger charge is -2.14. The second-order valence-corrected chi connectivity index (χ2v) is 4.91. The number of aromatic nitrogens is 1. The first-order valence-corrected chi connectivity index (χ1v) is 7.15. The molecule has 0 bridgehead atoms. The summed E-state index contributed by atoms with van der Waals surface area (Å²) in [5, 5.41) is 11.8. The van der Waals surface area contributed by atoms with Gasteiger partial charge in [-0.1, -0.05) is 26.2 Å². The quantitative estimate of drug-likeness (QED) is 0.682. The van der Waals surface area contributed by atoms with Gasteiger partial charge >= 0.3 is 5.97 Å². The van der Waals surface area contributed by atoms with E-state index in [9.17, 15) is 9.59 Å². The average Bonchev–Trinajstić information content (AvgIpc) is 2.45. The monoisotopic (exact) mass is 294 g/mol. The summed E-state index contributed by atoms with van der Waals surface area (Å²) < 4.78 is 5.23. The molecule has 1 heterocycles. The van der Waals surface area contributed by atoms with E-state index in [1.807, 2.05) is 6.92 Å². The second-order valence-electron chi connectivity index (χ2n) is 4.91. The lowest BCUT2D eigenvalue weighted by Crippen LogP contribution is -2.36. The lowest BCUT2D eigenvalue weighted by molar-refractivity contribution is -0.123. The number of unbranched alkanes of at least 4 members (excludes halogenated alkanes) is 2. The van der Waals surface area contributed by atoms with Crippen LogP contribution in [0.2, 0.25) is 0 Å². The molecule has 1 unspecified atom stereocenters. The van der Waals surface area contributed by atoms with E-state index in [1.54, 1.807) is 6.07 Å². The molecule has 21 heavy (non-hydrogen) atoms. The van der Waals surface area contributed by atoms with E-state index in [0.29, 0.717) is 0 Å². The number of rotatable bonds is 9. The van der Waals surface area contributed by atoms with Gasteiger partial charge in [0.05, 0.1) is 0 Å². The summed E-state index contributed by atoms with van der Waals surface area (Å²) in [5.41, 5.74) is -0.193. The Balaban J connectivity index is 2.41. The highest BCUT2D eigenvalue weighted by Gasteiger charge is 2.14. The van der Waals surface area contributed by atoms with Crippen molar-refractivity contribution < 1.29 is 19.4 Å². The summed E-state index contributed by atoms with van der Waals surface area (Å²) in [7, 11) is 0. The molecule has 1 rings (SSSR count). The molecule has 1 atom stereocenters. The zero-order chi connectivity index (χ0) is 15.7. The van der Waals surface area contributed by atoms with Crippen LogP contribution in [0.5, 0.6) is 5.75 Å². The first kappa shape index (κ1) is 16.9. The third kappa shape index (κ3) is 6.25. The molecule has 6 nitrogen and oxygen atoms in total. The zero-order valence-electron chi connectivity index (χ0n) is 12.5. The molecular formula is C15H22N2O4. The summed E-state index contributed by atoms with van der Waals surface area (Å²) in [5.74, 6) is -1.35. The molecule has 1 aromatic rings. The number of amides is 1. The first-order chi connectivity index (χ1) is 10.0. The van der Waals surface area contributed by atoms with Crippen molar-refractivity contribution in [3.63, 3.8) is 0 Å². The van der Waals surface area contributed by atoms with Crippen molar-refractivity contribution >= 4 is 11.9 Å². The van der Waals surface area contributed by atoms with E-state index in [-0.39, 0.29) is 30.0 Å². The molecule has 0 aliphatic carbocycles. The molecule has 0 spiro atoms. The van der Waals surface area contributed by atoms with Gasteiger partial charge in [0.25, 0.3) is 5.91 Å². The molecule has 0 fully saturated rings. The van der Waals surface area contributed by atoms with Gasteiger partial charge in [0.15, 0.2) is 18.1 Å². The number of ether oxygens (including phenoxy) is 1. The highest BCUT2D eigenvalue weighted by atomic mass is 16.5. The third-order valence-electron chi connectivity index (χ3n) is 2.98. The Kier molecular flexibility index (Phi) is 7.21. The van der Waals surface area contributed by atoms with Crippen LogP contribution < -0.4 is 10.1 Å². The number of carboxylic acids is 1. The van der Waals surface area contributed by atoms with Crippen LogP contribution in [0.15, 0.2) is 18.3 Å². The Bertz CT molecular complexity index is 476. The third-order valence-corrected chi connectivity index (χ3v) is 2.98. The van der Waals surface area contributed by atoms with Crippen LogP contribution in [0.1, 0.15) is 50.0 Å². The van der Waals surface area contributed by atoms with Crippen molar-refractivity contribution in [2.45, 2.75) is 45.6 Å². The van der Waals surface area contributed by atoms with Crippen LogP contribution in [-0.2, 0) is 4.79 Å². The fraction of sp³-hybridized carbons (Fsp3) is 0.533. The Hall–Kier alpha value is -2.11. The average molecular weight is 294 g/mol. The van der Waals surface area contributed by atoms with Gasteiger partial charge in [0, 0.05) is 12.2 Å². The number of nitrogens with one attached hydrogen (secondary N) is 1. The molecule has 2 N–H and O–H groups in total. The van der Waals surface area contributed by atoms with E-state index in [1.165, 1.54) is 12.3 Å². The highest BCUT2D eigenvalue weighted by Crippen LogP contribution is 2.14. The minimum atomic E-state index is -1.18. The van der Waals surface area contributed by atoms with E-state index >= 15 is 0 Å². The van der Waals surface area contributed by atoms with Gasteiger partial charge in [-0.3, -0.25) is 4.79 Å². The predicted octanol–water partition coefficient (Wildman–Crippen LogP) is 2.24. The molecule has 0 aromatic carbocycles. The van der Waals surface area contributed by atoms with Gasteiger partial charge in [-0.15, -0.1) is 0 Å². The SMILES string of the molecule is CCCCCC(C)NC(=O)COc1cccnc1C(=O)O. The second kappa shape index (κ2) is 8.94. The van der Waals surface area contributed by atoms with Crippen molar-refractivity contribution in [2.24, 2.45) is 0 Å². The normalized spacial score (nSPS) is 11.7. The number of carboxylic acid groups (broad SMARTS) is 1. The van der Waals surface area contributed by atoms with Crippen LogP contribution >= 0.6 is 0 Å². The number of carbonyl (C=O) groups excluding carboxylic acids is 1. The minimum absolute atomic E-state index is 0.0838. The zero-order valence-corrected chi connectivity index (χ0v) is 12.5. The highest BCUT2D eigenvalue weighted by molar-refractivity contribution is 5.88. The fourth-order valence-electron chi connectivity index (χ4n) is 1.90. The van der Waals surface area contributed by atoms with Crippen molar-refractivity contribution in [3.05, 3.63) is 24.0 Å². The van der Waals surface area contributed by atoms with E-state index in [0.717, 1.165) is 25.7 Å². The molecule has 1 amide bonds. The van der Waals surface area contributed by atoms with Crippen LogP contribution in [0.3, 0.4) is 0 Å². The standard InChI is InChI=1S/C15H22N2O4/c1-3-4-5-7-11(2)17-13(18)10-21-12-8-6-9-16-14(12)15(19)20/h6,8-9,11H,3-5,7,10H2,1-2H3,(H,17,18)(H,19,20). The first-order valence-electron chi connectivity index (χ1n) is 7.15. The summed E-state index contributed by atoms with van der Waals surface area (Å²) in [4.78, 5) is 26.4. The largest absolute Gasteiger partial charge is 0.481 e. The van der Waals surface area contributed by atoms with Crippen LogP contribution in [-0.4, -0.2) is 34.6 Å². The molecular weight excluding hydrogens is 272 g/mol. The number of aromatic carboxylic acids is 1. The Morgan fingerprint density at radius 2 is 2.19 bits per heavy atom. The van der Waals surface area contributed by atoms with Crippen molar-refractivity contribution in [1.82, 2.24) is 10.3 Å². The van der Waals surface area contributed by atoms with Gasteiger partial charge in [-0.2, -0.15) is 0 Å². The Labute approximate surface area is 124 Å². The smallest absolute Gasteiger partial charge is 0.358 e. The number of hydrogen-bond acceptors (Lipinski definition) is 4. The Morgan fingerprint density at radius 1 is 1.43 bits per heavy atom. The van der Waals surface area contributed by atoms with Gasteiger partial charge in [0.2, 0.25) is 0 Å². The number of pyridine rings is 1. The summed E-state index contributed by atoms with van der Waals surface area (Å²) >= 11 is 0. The maximum Gasteiger partial charge on any atom is 0.358 e. The van der Waals surface area contributed by atoms with Gasteiger partial charge in [-0.05, 0) is 25.5 Å². The Morgan fingerprint density at radius 3 is 2.86 bits per heavy atom. The minimum Gasteiger partial charge on any atom is -0.481 e. The molecule has 0 aliphatic heterocycles. The van der Waals surface area contributed by atoms with Gasteiger partial charge < -0.3 is 15.2 Å². The maximum absolute atomic E-state index is 11.7. The molecule has 0 saturated carbocycles. The molecule has 116 valence electrons. The van der Waals surface area contributed by atoms with Crippen molar-refractivity contribution in [2.75, 3.05) is 6.61 Å². The van der Waals surface area contributed by atoms with Gasteiger partial charge in [0.1, 0.15) is 0 Å². The topological polar surface area (TPSA) is 88.5 Å². The molecule has 6 heteroatoms. The van der Waals surface area contributed by atoms with Gasteiger partial charge in [-0.25, -0.2) is 9.78 Å². The predicted molar refractivity (Wildman–Crippen MR) is 78.4 cm³/mol. The van der Waals surface area contributed by atoms with Crippen LogP contribution in [0, 0.1) is 0 Å². The molecule has 0 radical (unpaired) electrons. The molecule has 1 aromatic heterocycles. The van der Waals surface area contributed by atoms with E-state index < -0.39 is 5.97 Å².